The number of nitrogens with one attached hydrogen (secondary N) is 3. The van der Waals surface area contributed by atoms with Crippen LogP contribution in [0.15, 0.2) is 41.4 Å². The van der Waals surface area contributed by atoms with Gasteiger partial charge >= 0.3 is 0 Å². The highest BCUT2D eigenvalue weighted by molar-refractivity contribution is 6.06. The van der Waals surface area contributed by atoms with Crippen LogP contribution in [0.3, 0.4) is 0 Å². The lowest BCUT2D eigenvalue weighted by molar-refractivity contribution is -0.136. The highest BCUT2D eigenvalue weighted by Gasteiger charge is 2.39. The summed E-state index contributed by atoms with van der Waals surface area (Å²) in [4.78, 5) is 47.0. The van der Waals surface area contributed by atoms with Crippen LogP contribution in [0, 0.1) is 0 Å². The first-order valence-corrected chi connectivity index (χ1v) is 9.92. The standard InChI is InChI=1S/C21H20N6O4/c1-31-17-4-2-3-14(22-17)19-24-18(25-26-19)11-5-6-13-12(9-11)10-27(21(13)30)15-7-8-16(28)23-20(15)29/h2-6,9,15,19,26H,7-8,10H2,1H3,(H,24,25)(H,23,28,29). The number of fused-ring (bicyclic) bond motifs is 1. The summed E-state index contributed by atoms with van der Waals surface area (Å²) in [6.45, 7) is 0.315. The molecule has 4 heterocycles. The van der Waals surface area contributed by atoms with Crippen molar-refractivity contribution >= 4 is 23.6 Å². The lowest BCUT2D eigenvalue weighted by atomic mass is 10.0. The minimum atomic E-state index is -0.631. The molecule has 0 spiro atoms. The summed E-state index contributed by atoms with van der Waals surface area (Å²) in [5.74, 6) is 0.216. The smallest absolute Gasteiger partial charge is 0.255 e. The van der Waals surface area contributed by atoms with Gasteiger partial charge in [-0.05, 0) is 30.2 Å². The highest BCUT2D eigenvalue weighted by Crippen LogP contribution is 2.29. The monoisotopic (exact) mass is 420 g/mol. The third-order valence-corrected chi connectivity index (χ3v) is 5.62. The average Bonchev–Trinajstić information content (AvgIpc) is 3.39. The van der Waals surface area contributed by atoms with Crippen LogP contribution in [0.4, 0.5) is 0 Å². The highest BCUT2D eigenvalue weighted by atomic mass is 16.5. The first-order chi connectivity index (χ1) is 15.0. The number of amidine groups is 1. The van der Waals surface area contributed by atoms with Crippen molar-refractivity contribution in [2.45, 2.75) is 31.6 Å². The molecule has 158 valence electrons. The van der Waals surface area contributed by atoms with Gasteiger partial charge in [0.05, 0.1) is 12.8 Å². The second-order valence-corrected chi connectivity index (χ2v) is 7.53. The van der Waals surface area contributed by atoms with Crippen LogP contribution in [0.2, 0.25) is 0 Å². The van der Waals surface area contributed by atoms with Crippen molar-refractivity contribution in [3.63, 3.8) is 0 Å². The Bertz CT molecular complexity index is 1130. The van der Waals surface area contributed by atoms with E-state index in [1.165, 1.54) is 4.90 Å². The van der Waals surface area contributed by atoms with Crippen LogP contribution < -0.4 is 20.9 Å². The van der Waals surface area contributed by atoms with E-state index in [0.717, 1.165) is 11.1 Å². The van der Waals surface area contributed by atoms with Gasteiger partial charge in [0.25, 0.3) is 5.91 Å². The Hall–Kier alpha value is -3.79. The predicted molar refractivity (Wildman–Crippen MR) is 109 cm³/mol. The molecule has 1 aromatic carbocycles. The molecule has 1 aromatic heterocycles. The van der Waals surface area contributed by atoms with Gasteiger partial charge in [-0.1, -0.05) is 12.1 Å². The number of rotatable bonds is 4. The minimum absolute atomic E-state index is 0.200. The molecule has 0 radical (unpaired) electrons. The number of piperidine rings is 1. The first kappa shape index (κ1) is 19.2. The Morgan fingerprint density at radius 1 is 1.16 bits per heavy atom. The molecular weight excluding hydrogens is 400 g/mol. The molecule has 3 amide bonds. The fourth-order valence-corrected chi connectivity index (χ4v) is 4.04. The van der Waals surface area contributed by atoms with Gasteiger partial charge in [-0.3, -0.25) is 19.7 Å². The van der Waals surface area contributed by atoms with Crippen LogP contribution in [-0.4, -0.2) is 46.6 Å². The number of hydrazine groups is 1. The fourth-order valence-electron chi connectivity index (χ4n) is 4.04. The summed E-state index contributed by atoms with van der Waals surface area (Å²) in [6, 6.07) is 10.3. The molecular formula is C21H20N6O4. The van der Waals surface area contributed by atoms with Crippen molar-refractivity contribution < 1.29 is 19.1 Å². The number of aliphatic imine (C=N–C) groups is 1. The zero-order valence-corrected chi connectivity index (χ0v) is 16.7. The quantitative estimate of drug-likeness (QED) is 0.612. The zero-order chi connectivity index (χ0) is 21.5. The zero-order valence-electron chi connectivity index (χ0n) is 16.7. The maximum Gasteiger partial charge on any atom is 0.255 e. The Kier molecular flexibility index (Phi) is 4.63. The van der Waals surface area contributed by atoms with E-state index in [9.17, 15) is 14.4 Å². The van der Waals surface area contributed by atoms with E-state index in [-0.39, 0.29) is 24.4 Å². The Balaban J connectivity index is 1.37. The summed E-state index contributed by atoms with van der Waals surface area (Å²) in [6.07, 6.45) is 0.193. The number of methoxy groups -OCH3 is 1. The Labute approximate surface area is 177 Å². The molecule has 1 fully saturated rings. The van der Waals surface area contributed by atoms with Gasteiger partial charge in [0.2, 0.25) is 17.7 Å². The SMILES string of the molecule is COc1cccc(C2N=C(c3ccc4c(c3)CN(C3CCC(=O)NC3=O)C4=O)NN2)n1. The summed E-state index contributed by atoms with van der Waals surface area (Å²) in [7, 11) is 1.56. The van der Waals surface area contributed by atoms with Crippen molar-refractivity contribution in [3.05, 3.63) is 58.8 Å². The minimum Gasteiger partial charge on any atom is -0.481 e. The molecule has 10 heteroatoms. The number of hydrogen-bond donors (Lipinski definition) is 3. The average molecular weight is 420 g/mol. The number of ether oxygens (including phenoxy) is 1. The number of aromatic nitrogens is 1. The Morgan fingerprint density at radius 2 is 2.03 bits per heavy atom. The van der Waals surface area contributed by atoms with Crippen LogP contribution in [0.5, 0.6) is 5.88 Å². The number of amides is 3. The van der Waals surface area contributed by atoms with Crippen LogP contribution in [0.1, 0.15) is 46.2 Å². The number of imide groups is 1. The van der Waals surface area contributed by atoms with E-state index < -0.39 is 11.9 Å². The van der Waals surface area contributed by atoms with Crippen LogP contribution in [0.25, 0.3) is 0 Å². The predicted octanol–water partition coefficient (Wildman–Crippen LogP) is 0.404. The third-order valence-electron chi connectivity index (χ3n) is 5.62. The molecule has 5 rings (SSSR count). The van der Waals surface area contributed by atoms with Gasteiger partial charge in [0.15, 0.2) is 6.17 Å². The third kappa shape index (κ3) is 3.40. The van der Waals surface area contributed by atoms with Gasteiger partial charge < -0.3 is 15.1 Å². The molecule has 2 aromatic rings. The van der Waals surface area contributed by atoms with Gasteiger partial charge in [0.1, 0.15) is 11.9 Å². The number of carbonyl (C=O) groups excluding carboxylic acids is 3. The number of nitrogens with zero attached hydrogens (tertiary/aromatic N) is 3. The second-order valence-electron chi connectivity index (χ2n) is 7.53. The molecule has 0 bridgehead atoms. The summed E-state index contributed by atoms with van der Waals surface area (Å²) < 4.78 is 5.17. The number of pyridine rings is 1. The van der Waals surface area contributed by atoms with Crippen LogP contribution in [-0.2, 0) is 16.1 Å². The molecule has 1 saturated heterocycles. The lowest BCUT2D eigenvalue weighted by Gasteiger charge is -2.29. The normalized spacial score (nSPS) is 22.7. The van der Waals surface area contributed by atoms with Gasteiger partial charge in [-0.2, -0.15) is 0 Å². The lowest BCUT2D eigenvalue weighted by Crippen LogP contribution is -2.52. The summed E-state index contributed by atoms with van der Waals surface area (Å²) >= 11 is 0. The first-order valence-electron chi connectivity index (χ1n) is 9.92. The topological polar surface area (TPSA) is 125 Å². The molecule has 3 aliphatic heterocycles. The molecule has 3 N–H and O–H groups in total. The van der Waals surface area contributed by atoms with Crippen molar-refractivity contribution in [3.8, 4) is 5.88 Å². The van der Waals surface area contributed by atoms with Crippen molar-refractivity contribution in [1.82, 2.24) is 26.1 Å². The molecule has 0 aliphatic carbocycles. The number of carbonyl (C=O) groups is 3. The second kappa shape index (κ2) is 7.47. The van der Waals surface area contributed by atoms with Gasteiger partial charge in [-0.15, -0.1) is 0 Å². The van der Waals surface area contributed by atoms with Crippen LogP contribution >= 0.6 is 0 Å². The van der Waals surface area contributed by atoms with Gasteiger partial charge in [0, 0.05) is 30.2 Å². The van der Waals surface area contributed by atoms with E-state index in [0.29, 0.717) is 35.9 Å². The molecule has 3 aliphatic rings. The number of benzene rings is 1. The Morgan fingerprint density at radius 3 is 2.84 bits per heavy atom. The van der Waals surface area contributed by atoms with E-state index in [4.69, 9.17) is 4.74 Å². The van der Waals surface area contributed by atoms with E-state index in [1.54, 1.807) is 19.2 Å². The van der Waals surface area contributed by atoms with E-state index in [2.05, 4.69) is 26.1 Å². The summed E-state index contributed by atoms with van der Waals surface area (Å²) in [5, 5.41) is 2.31. The fraction of sp³-hybridized carbons (Fsp3) is 0.286. The van der Waals surface area contributed by atoms with Crippen molar-refractivity contribution in [2.24, 2.45) is 4.99 Å². The van der Waals surface area contributed by atoms with Crippen molar-refractivity contribution in [2.75, 3.05) is 7.11 Å². The maximum absolute atomic E-state index is 12.8. The molecule has 2 atom stereocenters. The molecule has 0 saturated carbocycles. The molecule has 31 heavy (non-hydrogen) atoms. The maximum atomic E-state index is 12.8. The summed E-state index contributed by atoms with van der Waals surface area (Å²) in [5.41, 5.74) is 9.06. The molecule has 10 nitrogen and oxygen atoms in total. The van der Waals surface area contributed by atoms with E-state index in [1.807, 2.05) is 24.3 Å². The van der Waals surface area contributed by atoms with Gasteiger partial charge in [-0.25, -0.2) is 15.4 Å². The van der Waals surface area contributed by atoms with E-state index >= 15 is 0 Å². The number of hydrogen-bond acceptors (Lipinski definition) is 8. The van der Waals surface area contributed by atoms with Crippen molar-refractivity contribution in [1.29, 1.82) is 0 Å². The largest absolute Gasteiger partial charge is 0.481 e. The molecule has 2 unspecified atom stereocenters.